The van der Waals surface area contributed by atoms with Crippen molar-refractivity contribution in [1.29, 1.82) is 0 Å². The van der Waals surface area contributed by atoms with Gasteiger partial charge >= 0.3 is 6.18 Å². The predicted molar refractivity (Wildman–Crippen MR) is 85.9 cm³/mol. The predicted octanol–water partition coefficient (Wildman–Crippen LogP) is 3.03. The molecule has 1 aliphatic rings. The maximum atomic E-state index is 12.7. The van der Waals surface area contributed by atoms with Gasteiger partial charge in [-0.1, -0.05) is 17.7 Å². The lowest BCUT2D eigenvalue weighted by Crippen LogP contribution is -2.38. The molecule has 0 saturated carbocycles. The minimum Gasteiger partial charge on any atom is -0.334 e. The molecule has 1 N–H and O–H groups in total. The molecule has 3 rings (SSSR count). The van der Waals surface area contributed by atoms with Gasteiger partial charge in [0.15, 0.2) is 0 Å². The van der Waals surface area contributed by atoms with Crippen molar-refractivity contribution in [3.63, 3.8) is 0 Å². The summed E-state index contributed by atoms with van der Waals surface area (Å²) < 4.78 is 39.2. The first-order valence-corrected chi connectivity index (χ1v) is 8.01. The van der Waals surface area contributed by atoms with Gasteiger partial charge in [0.25, 0.3) is 11.5 Å². The number of aryl methyl sites for hydroxylation is 1. The van der Waals surface area contributed by atoms with Gasteiger partial charge in [0, 0.05) is 18.7 Å². The summed E-state index contributed by atoms with van der Waals surface area (Å²) in [6.07, 6.45) is -4.51. The molecule has 2 heterocycles. The van der Waals surface area contributed by atoms with Crippen LogP contribution in [0.2, 0.25) is 0 Å². The molecule has 1 aromatic carbocycles. The van der Waals surface area contributed by atoms with Crippen LogP contribution in [0.25, 0.3) is 5.69 Å². The van der Waals surface area contributed by atoms with Crippen molar-refractivity contribution in [3.05, 3.63) is 51.9 Å². The van der Waals surface area contributed by atoms with E-state index in [0.717, 1.165) is 11.6 Å². The molecule has 1 atom stereocenters. The van der Waals surface area contributed by atoms with E-state index >= 15 is 0 Å². The summed E-state index contributed by atoms with van der Waals surface area (Å²) in [6, 6.07) is 7.35. The summed E-state index contributed by atoms with van der Waals surface area (Å²) in [7, 11) is 0. The quantitative estimate of drug-likeness (QED) is 0.922. The Morgan fingerprint density at radius 3 is 2.60 bits per heavy atom. The van der Waals surface area contributed by atoms with Gasteiger partial charge < -0.3 is 4.90 Å². The molecule has 0 bridgehead atoms. The zero-order valence-corrected chi connectivity index (χ0v) is 13.6. The SMILES string of the molecule is Cc1ccc(-n2[nH]c(C(=O)N3CCCC3CC(F)(F)F)cc2=O)cc1. The molecule has 2 aromatic rings. The van der Waals surface area contributed by atoms with E-state index < -0.39 is 30.1 Å². The number of nitrogens with one attached hydrogen (secondary N) is 1. The number of alkyl halides is 3. The van der Waals surface area contributed by atoms with E-state index in [2.05, 4.69) is 5.10 Å². The summed E-state index contributed by atoms with van der Waals surface area (Å²) in [5.74, 6) is -0.574. The van der Waals surface area contributed by atoms with E-state index in [-0.39, 0.29) is 12.2 Å². The topological polar surface area (TPSA) is 58.1 Å². The summed E-state index contributed by atoms with van der Waals surface area (Å²) >= 11 is 0. The van der Waals surface area contributed by atoms with Crippen LogP contribution in [-0.4, -0.2) is 39.4 Å². The van der Waals surface area contributed by atoms with Crippen molar-refractivity contribution in [1.82, 2.24) is 14.7 Å². The first-order valence-electron chi connectivity index (χ1n) is 8.01. The number of rotatable bonds is 3. The standard InChI is InChI=1S/C17H18F3N3O2/c1-11-4-6-12(7-5-11)23-15(24)9-14(21-23)16(25)22-8-2-3-13(22)10-17(18,19)20/h4-7,9,13,21H,2-3,8,10H2,1H3. The third-order valence-electron chi connectivity index (χ3n) is 4.35. The zero-order valence-electron chi connectivity index (χ0n) is 13.6. The van der Waals surface area contributed by atoms with Crippen molar-refractivity contribution < 1.29 is 18.0 Å². The first-order chi connectivity index (χ1) is 11.7. The molecule has 1 unspecified atom stereocenters. The fraction of sp³-hybridized carbons (Fsp3) is 0.412. The second kappa shape index (κ2) is 6.42. The number of nitrogens with zero attached hydrogens (tertiary/aromatic N) is 2. The number of aromatic amines is 1. The largest absolute Gasteiger partial charge is 0.391 e. The Kier molecular flexibility index (Phi) is 4.45. The van der Waals surface area contributed by atoms with Crippen molar-refractivity contribution in [2.24, 2.45) is 0 Å². The summed E-state index contributed by atoms with van der Waals surface area (Å²) in [6.45, 7) is 2.17. The molecule has 25 heavy (non-hydrogen) atoms. The molecule has 1 amide bonds. The molecule has 8 heteroatoms. The summed E-state index contributed by atoms with van der Waals surface area (Å²) in [4.78, 5) is 25.9. The van der Waals surface area contributed by atoms with Gasteiger partial charge in [-0.3, -0.25) is 14.7 Å². The van der Waals surface area contributed by atoms with E-state index in [1.54, 1.807) is 12.1 Å². The number of hydrogen-bond donors (Lipinski definition) is 1. The maximum Gasteiger partial charge on any atom is 0.391 e. The molecule has 1 aromatic heterocycles. The van der Waals surface area contributed by atoms with Gasteiger partial charge in [-0.05, 0) is 31.9 Å². The number of halogens is 3. The molecular formula is C17H18F3N3O2. The van der Waals surface area contributed by atoms with Crippen LogP contribution in [0.1, 0.15) is 35.3 Å². The van der Waals surface area contributed by atoms with Crippen molar-refractivity contribution in [2.75, 3.05) is 6.54 Å². The molecule has 0 radical (unpaired) electrons. The fourth-order valence-electron chi connectivity index (χ4n) is 3.13. The van der Waals surface area contributed by atoms with Gasteiger partial charge in [-0.15, -0.1) is 0 Å². The Labute approximate surface area is 142 Å². The maximum absolute atomic E-state index is 12.7. The Balaban J connectivity index is 1.84. The molecule has 0 spiro atoms. The van der Waals surface area contributed by atoms with Crippen LogP contribution in [-0.2, 0) is 0 Å². The van der Waals surface area contributed by atoms with Crippen molar-refractivity contribution in [2.45, 2.75) is 38.4 Å². The lowest BCUT2D eigenvalue weighted by atomic mass is 10.1. The number of carbonyl (C=O) groups is 1. The molecule has 0 aliphatic carbocycles. The number of likely N-dealkylation sites (tertiary alicyclic amines) is 1. The number of benzene rings is 1. The van der Waals surface area contributed by atoms with E-state index in [1.165, 1.54) is 9.58 Å². The van der Waals surface area contributed by atoms with Gasteiger partial charge in [0.1, 0.15) is 5.69 Å². The Hall–Kier alpha value is -2.51. The van der Waals surface area contributed by atoms with Gasteiger partial charge in [-0.25, -0.2) is 4.68 Å². The van der Waals surface area contributed by atoms with E-state index in [0.29, 0.717) is 18.5 Å². The van der Waals surface area contributed by atoms with Crippen LogP contribution in [0.5, 0.6) is 0 Å². The van der Waals surface area contributed by atoms with E-state index in [4.69, 9.17) is 0 Å². The highest BCUT2D eigenvalue weighted by Crippen LogP contribution is 2.30. The third kappa shape index (κ3) is 3.78. The fourth-order valence-corrected chi connectivity index (χ4v) is 3.13. The van der Waals surface area contributed by atoms with Crippen LogP contribution in [0.4, 0.5) is 13.2 Å². The lowest BCUT2D eigenvalue weighted by Gasteiger charge is -2.25. The smallest absolute Gasteiger partial charge is 0.334 e. The zero-order chi connectivity index (χ0) is 18.2. The van der Waals surface area contributed by atoms with Crippen LogP contribution in [0.15, 0.2) is 35.1 Å². The minimum absolute atomic E-state index is 0.000325. The number of amides is 1. The van der Waals surface area contributed by atoms with Crippen LogP contribution in [0, 0.1) is 6.92 Å². The molecule has 1 fully saturated rings. The summed E-state index contributed by atoms with van der Waals surface area (Å²) in [5.41, 5.74) is 1.15. The Morgan fingerprint density at radius 2 is 1.96 bits per heavy atom. The number of carbonyl (C=O) groups excluding carboxylic acids is 1. The number of H-pyrrole nitrogens is 1. The van der Waals surface area contributed by atoms with Crippen LogP contribution >= 0.6 is 0 Å². The highest BCUT2D eigenvalue weighted by molar-refractivity contribution is 5.92. The highest BCUT2D eigenvalue weighted by atomic mass is 19.4. The molecule has 1 saturated heterocycles. The number of aromatic nitrogens is 2. The second-order valence-electron chi connectivity index (χ2n) is 6.29. The van der Waals surface area contributed by atoms with Gasteiger partial charge in [-0.2, -0.15) is 13.2 Å². The molecule has 134 valence electrons. The van der Waals surface area contributed by atoms with Crippen LogP contribution in [0.3, 0.4) is 0 Å². The van der Waals surface area contributed by atoms with E-state index in [1.807, 2.05) is 19.1 Å². The number of hydrogen-bond acceptors (Lipinski definition) is 2. The van der Waals surface area contributed by atoms with Gasteiger partial charge in [0.2, 0.25) is 0 Å². The Bertz CT molecular complexity index is 821. The molecular weight excluding hydrogens is 335 g/mol. The van der Waals surface area contributed by atoms with Crippen molar-refractivity contribution in [3.8, 4) is 5.69 Å². The average molecular weight is 353 g/mol. The second-order valence-corrected chi connectivity index (χ2v) is 6.29. The average Bonchev–Trinajstić information content (AvgIpc) is 3.12. The monoisotopic (exact) mass is 353 g/mol. The Morgan fingerprint density at radius 1 is 1.28 bits per heavy atom. The van der Waals surface area contributed by atoms with Gasteiger partial charge in [0.05, 0.1) is 12.1 Å². The normalized spacial score (nSPS) is 17.9. The highest BCUT2D eigenvalue weighted by Gasteiger charge is 2.39. The lowest BCUT2D eigenvalue weighted by molar-refractivity contribution is -0.143. The first kappa shape index (κ1) is 17.3. The van der Waals surface area contributed by atoms with E-state index in [9.17, 15) is 22.8 Å². The minimum atomic E-state index is -4.32. The third-order valence-corrected chi connectivity index (χ3v) is 4.35. The van der Waals surface area contributed by atoms with Crippen molar-refractivity contribution >= 4 is 5.91 Å². The molecule has 5 nitrogen and oxygen atoms in total. The molecule has 1 aliphatic heterocycles. The van der Waals surface area contributed by atoms with Crippen LogP contribution < -0.4 is 5.56 Å². The summed E-state index contributed by atoms with van der Waals surface area (Å²) in [5, 5.41) is 2.71.